The summed E-state index contributed by atoms with van der Waals surface area (Å²) in [6.07, 6.45) is 1.49. The van der Waals surface area contributed by atoms with Crippen LogP contribution in [0.25, 0.3) is 0 Å². The number of aromatic amines is 1. The quantitative estimate of drug-likeness (QED) is 0.135. The van der Waals surface area contributed by atoms with E-state index in [1.807, 2.05) is 0 Å². The predicted octanol–water partition coefficient (Wildman–Crippen LogP) is -3.81. The Morgan fingerprint density at radius 1 is 1.06 bits per heavy atom. The molecule has 3 atom stereocenters. The number of carbonyl (C=O) groups is 6. The van der Waals surface area contributed by atoms with Crippen molar-refractivity contribution in [1.29, 1.82) is 0 Å². The summed E-state index contributed by atoms with van der Waals surface area (Å²) in [7, 11) is 0. The van der Waals surface area contributed by atoms with Crippen molar-refractivity contribution >= 4 is 35.6 Å². The van der Waals surface area contributed by atoms with E-state index in [0.29, 0.717) is 5.69 Å². The van der Waals surface area contributed by atoms with Crippen LogP contribution >= 0.6 is 0 Å². The average Bonchev–Trinajstić information content (AvgIpc) is 3.21. The molecule has 0 saturated heterocycles. The number of H-pyrrole nitrogens is 1. The average molecular weight is 455 g/mol. The predicted molar refractivity (Wildman–Crippen MR) is 105 cm³/mol. The lowest BCUT2D eigenvalue weighted by atomic mass is 10.1. The molecule has 1 rings (SSSR count). The smallest absolute Gasteiger partial charge is 0.326 e. The van der Waals surface area contributed by atoms with E-state index in [1.54, 1.807) is 0 Å². The van der Waals surface area contributed by atoms with E-state index >= 15 is 0 Å². The molecule has 15 heteroatoms. The molecule has 3 unspecified atom stereocenters. The lowest BCUT2D eigenvalue weighted by Gasteiger charge is -2.21. The fourth-order valence-corrected chi connectivity index (χ4v) is 2.45. The molecule has 0 radical (unpaired) electrons. The van der Waals surface area contributed by atoms with Crippen molar-refractivity contribution in [2.75, 3.05) is 6.54 Å². The van der Waals surface area contributed by atoms with Crippen molar-refractivity contribution in [3.63, 3.8) is 0 Å². The number of hydrogen-bond acceptors (Lipinski definition) is 8. The number of carboxylic acids is 2. The van der Waals surface area contributed by atoms with Gasteiger partial charge in [0.2, 0.25) is 23.6 Å². The van der Waals surface area contributed by atoms with E-state index in [2.05, 4.69) is 25.9 Å². The molecule has 1 heterocycles. The van der Waals surface area contributed by atoms with E-state index in [-0.39, 0.29) is 19.3 Å². The molecule has 0 aliphatic rings. The molecule has 0 fully saturated rings. The number of aliphatic carboxylic acids is 2. The zero-order chi connectivity index (χ0) is 24.3. The Hall–Kier alpha value is -4.01. The van der Waals surface area contributed by atoms with Gasteiger partial charge >= 0.3 is 11.9 Å². The Labute approximate surface area is 181 Å². The normalized spacial score (nSPS) is 13.3. The largest absolute Gasteiger partial charge is 0.481 e. The second kappa shape index (κ2) is 12.6. The standard InChI is InChI=1S/C17H25N7O8/c18-9(1-2-14(27)28)15(29)21-6-13(26)23-10(3-8-5-20-7-22-8)16(30)24-11(17(31)32)4-12(19)25/h5,7,9-11H,1-4,6,18H2,(H2,19,25)(H,20,22)(H,21,29)(H,23,26)(H,24,30)(H,27,28)(H,31,32). The zero-order valence-corrected chi connectivity index (χ0v) is 16.9. The van der Waals surface area contributed by atoms with Crippen molar-refractivity contribution < 1.29 is 39.0 Å². The summed E-state index contributed by atoms with van der Waals surface area (Å²) < 4.78 is 0. The Bertz CT molecular complexity index is 842. The number of nitrogens with one attached hydrogen (secondary N) is 4. The minimum atomic E-state index is -1.60. The molecular formula is C17H25N7O8. The first-order valence-electron chi connectivity index (χ1n) is 9.32. The highest BCUT2D eigenvalue weighted by atomic mass is 16.4. The molecule has 1 aromatic rings. The maximum atomic E-state index is 12.6. The maximum absolute atomic E-state index is 12.6. The first kappa shape index (κ1) is 26.0. The van der Waals surface area contributed by atoms with Gasteiger partial charge in [-0.3, -0.25) is 24.0 Å². The maximum Gasteiger partial charge on any atom is 0.326 e. The highest BCUT2D eigenvalue weighted by Gasteiger charge is 2.28. The van der Waals surface area contributed by atoms with Crippen LogP contribution in [0.5, 0.6) is 0 Å². The molecule has 32 heavy (non-hydrogen) atoms. The number of nitrogens with zero attached hydrogens (tertiary/aromatic N) is 1. The number of carboxylic acid groups (broad SMARTS) is 2. The lowest BCUT2D eigenvalue weighted by molar-refractivity contribution is -0.143. The lowest BCUT2D eigenvalue weighted by Crippen LogP contribution is -2.55. The van der Waals surface area contributed by atoms with Gasteiger partial charge in [-0.05, 0) is 6.42 Å². The Morgan fingerprint density at radius 2 is 1.75 bits per heavy atom. The van der Waals surface area contributed by atoms with Crippen LogP contribution in [0.1, 0.15) is 25.0 Å². The second-order valence-electron chi connectivity index (χ2n) is 6.73. The van der Waals surface area contributed by atoms with Crippen LogP contribution in [-0.2, 0) is 35.2 Å². The fourth-order valence-electron chi connectivity index (χ4n) is 2.45. The summed E-state index contributed by atoms with van der Waals surface area (Å²) in [4.78, 5) is 75.9. The Balaban J connectivity index is 2.75. The third kappa shape index (κ3) is 9.66. The van der Waals surface area contributed by atoms with Crippen molar-refractivity contribution in [3.05, 3.63) is 18.2 Å². The van der Waals surface area contributed by atoms with Gasteiger partial charge in [-0.1, -0.05) is 0 Å². The van der Waals surface area contributed by atoms with Gasteiger partial charge in [-0.2, -0.15) is 0 Å². The number of primary amides is 1. The zero-order valence-electron chi connectivity index (χ0n) is 16.9. The van der Waals surface area contributed by atoms with Gasteiger partial charge in [0, 0.05) is 24.7 Å². The molecule has 0 aliphatic heterocycles. The van der Waals surface area contributed by atoms with Gasteiger partial charge in [0.15, 0.2) is 0 Å². The number of nitrogens with two attached hydrogens (primary N) is 2. The minimum absolute atomic E-state index is 0.105. The molecule has 0 bridgehead atoms. The van der Waals surface area contributed by atoms with Crippen molar-refractivity contribution in [3.8, 4) is 0 Å². The van der Waals surface area contributed by atoms with E-state index in [0.717, 1.165) is 0 Å². The van der Waals surface area contributed by atoms with E-state index < -0.39 is 66.7 Å². The Morgan fingerprint density at radius 3 is 2.28 bits per heavy atom. The summed E-state index contributed by atoms with van der Waals surface area (Å²) in [6, 6.07) is -4.03. The topological polar surface area (TPSA) is 260 Å². The molecule has 1 aromatic heterocycles. The van der Waals surface area contributed by atoms with Crippen LogP contribution in [0.4, 0.5) is 0 Å². The summed E-state index contributed by atoms with van der Waals surface area (Å²) in [5.74, 6) is -6.05. The number of hydrogen-bond donors (Lipinski definition) is 8. The van der Waals surface area contributed by atoms with Crippen molar-refractivity contribution in [2.24, 2.45) is 11.5 Å². The van der Waals surface area contributed by atoms with Gasteiger partial charge in [0.25, 0.3) is 0 Å². The number of amides is 4. The molecular weight excluding hydrogens is 430 g/mol. The minimum Gasteiger partial charge on any atom is -0.481 e. The van der Waals surface area contributed by atoms with Crippen molar-refractivity contribution in [1.82, 2.24) is 25.9 Å². The SMILES string of the molecule is NC(=O)CC(NC(=O)C(Cc1cnc[nH]1)NC(=O)CNC(=O)C(N)CCC(=O)O)C(=O)O. The number of carbonyl (C=O) groups excluding carboxylic acids is 4. The number of imidazole rings is 1. The Kier molecular flexibility index (Phi) is 10.3. The number of aromatic nitrogens is 2. The third-order valence-electron chi connectivity index (χ3n) is 4.08. The van der Waals surface area contributed by atoms with Gasteiger partial charge in [-0.25, -0.2) is 9.78 Å². The van der Waals surface area contributed by atoms with Crippen LogP contribution < -0.4 is 27.4 Å². The van der Waals surface area contributed by atoms with Gasteiger partial charge < -0.3 is 42.6 Å². The van der Waals surface area contributed by atoms with E-state index in [9.17, 15) is 28.8 Å². The van der Waals surface area contributed by atoms with Gasteiger partial charge in [0.1, 0.15) is 12.1 Å². The third-order valence-corrected chi connectivity index (χ3v) is 4.08. The summed E-state index contributed by atoms with van der Waals surface area (Å²) in [5, 5.41) is 24.4. The van der Waals surface area contributed by atoms with E-state index in [4.69, 9.17) is 21.7 Å². The molecule has 0 aliphatic carbocycles. The molecule has 4 amide bonds. The summed E-state index contributed by atoms with van der Waals surface area (Å²) in [5.41, 5.74) is 11.0. The fraction of sp³-hybridized carbons (Fsp3) is 0.471. The van der Waals surface area contributed by atoms with Crippen LogP contribution in [0.2, 0.25) is 0 Å². The van der Waals surface area contributed by atoms with Crippen LogP contribution in [0, 0.1) is 0 Å². The molecule has 0 saturated carbocycles. The van der Waals surface area contributed by atoms with Gasteiger partial charge in [-0.15, -0.1) is 0 Å². The molecule has 10 N–H and O–H groups in total. The molecule has 15 nitrogen and oxygen atoms in total. The molecule has 176 valence electrons. The molecule has 0 spiro atoms. The monoisotopic (exact) mass is 455 g/mol. The highest BCUT2D eigenvalue weighted by Crippen LogP contribution is 2.01. The summed E-state index contributed by atoms with van der Waals surface area (Å²) in [6.45, 7) is -0.573. The van der Waals surface area contributed by atoms with Crippen LogP contribution in [-0.4, -0.2) is 80.4 Å². The van der Waals surface area contributed by atoms with E-state index in [1.165, 1.54) is 12.5 Å². The number of rotatable bonds is 14. The molecule has 0 aromatic carbocycles. The summed E-state index contributed by atoms with van der Waals surface area (Å²) >= 11 is 0. The van der Waals surface area contributed by atoms with Crippen LogP contribution in [0.3, 0.4) is 0 Å². The highest BCUT2D eigenvalue weighted by molar-refractivity contribution is 5.93. The van der Waals surface area contributed by atoms with Crippen molar-refractivity contribution in [2.45, 2.75) is 43.8 Å². The first-order valence-corrected chi connectivity index (χ1v) is 9.32. The van der Waals surface area contributed by atoms with Gasteiger partial charge in [0.05, 0.1) is 25.3 Å². The first-order chi connectivity index (χ1) is 15.0. The van der Waals surface area contributed by atoms with Crippen LogP contribution in [0.15, 0.2) is 12.5 Å². The second-order valence-corrected chi connectivity index (χ2v) is 6.73.